The van der Waals surface area contributed by atoms with Crippen LogP contribution in [0.1, 0.15) is 5.56 Å². The van der Waals surface area contributed by atoms with E-state index in [9.17, 15) is 13.2 Å². The predicted octanol–water partition coefficient (Wildman–Crippen LogP) is 1.79. The lowest BCUT2D eigenvalue weighted by Crippen LogP contribution is -2.06. The Balaban J connectivity index is 3.07. The SMILES string of the molecule is CN(C)C=C(C#N)n1cc(C(F)(F)F)cn1. The van der Waals surface area contributed by atoms with Gasteiger partial charge in [0.05, 0.1) is 11.8 Å². The van der Waals surface area contributed by atoms with E-state index in [-0.39, 0.29) is 5.70 Å². The van der Waals surface area contributed by atoms with Crippen molar-refractivity contribution in [1.29, 1.82) is 5.26 Å². The smallest absolute Gasteiger partial charge is 0.381 e. The van der Waals surface area contributed by atoms with Gasteiger partial charge in [0.1, 0.15) is 6.07 Å². The van der Waals surface area contributed by atoms with Gasteiger partial charge in [0.2, 0.25) is 0 Å². The normalized spacial score (nSPS) is 12.4. The second-order valence-electron chi connectivity index (χ2n) is 3.26. The Kier molecular flexibility index (Phi) is 3.22. The number of hydrogen-bond acceptors (Lipinski definition) is 3. The summed E-state index contributed by atoms with van der Waals surface area (Å²) in [7, 11) is 3.32. The lowest BCUT2D eigenvalue weighted by Gasteiger charge is -2.06. The largest absolute Gasteiger partial charge is 0.419 e. The van der Waals surface area contributed by atoms with Crippen molar-refractivity contribution in [3.05, 3.63) is 24.2 Å². The number of aromatic nitrogens is 2. The van der Waals surface area contributed by atoms with E-state index >= 15 is 0 Å². The van der Waals surface area contributed by atoms with Gasteiger partial charge >= 0.3 is 6.18 Å². The third-order valence-electron chi connectivity index (χ3n) is 1.65. The summed E-state index contributed by atoms with van der Waals surface area (Å²) in [5.41, 5.74) is -0.868. The Morgan fingerprint density at radius 1 is 1.56 bits per heavy atom. The van der Waals surface area contributed by atoms with Crippen LogP contribution in [0.2, 0.25) is 0 Å². The standard InChI is InChI=1S/C9H9F3N4/c1-15(2)6-8(3-13)16-5-7(4-14-16)9(10,11)12/h4-6H,1-2H3. The molecule has 0 saturated heterocycles. The first-order valence-corrected chi connectivity index (χ1v) is 4.25. The molecule has 0 saturated carbocycles. The van der Waals surface area contributed by atoms with E-state index in [0.29, 0.717) is 6.20 Å². The molecule has 1 heterocycles. The van der Waals surface area contributed by atoms with Crippen LogP contribution in [0.3, 0.4) is 0 Å². The second-order valence-corrected chi connectivity index (χ2v) is 3.26. The fourth-order valence-corrected chi connectivity index (χ4v) is 0.985. The Labute approximate surface area is 90.2 Å². The van der Waals surface area contributed by atoms with Gasteiger partial charge in [0.25, 0.3) is 0 Å². The zero-order valence-corrected chi connectivity index (χ0v) is 8.65. The quantitative estimate of drug-likeness (QED) is 0.727. The lowest BCUT2D eigenvalue weighted by molar-refractivity contribution is -0.137. The molecule has 0 aromatic carbocycles. The van der Waals surface area contributed by atoms with Crippen molar-refractivity contribution in [1.82, 2.24) is 14.7 Å². The van der Waals surface area contributed by atoms with E-state index in [1.165, 1.54) is 6.20 Å². The van der Waals surface area contributed by atoms with Gasteiger partial charge in [-0.2, -0.15) is 23.5 Å². The van der Waals surface area contributed by atoms with Gasteiger partial charge in [-0.25, -0.2) is 4.68 Å². The molecule has 86 valence electrons. The maximum Gasteiger partial charge on any atom is 0.419 e. The van der Waals surface area contributed by atoms with E-state index in [2.05, 4.69) is 5.10 Å². The number of nitriles is 1. The number of alkyl halides is 3. The molecule has 4 nitrogen and oxygen atoms in total. The summed E-state index contributed by atoms with van der Waals surface area (Å²) in [4.78, 5) is 1.55. The molecule has 0 spiro atoms. The highest BCUT2D eigenvalue weighted by molar-refractivity contribution is 5.59. The van der Waals surface area contributed by atoms with E-state index in [4.69, 9.17) is 5.26 Å². The monoisotopic (exact) mass is 230 g/mol. The van der Waals surface area contributed by atoms with Crippen LogP contribution < -0.4 is 0 Å². The first-order valence-electron chi connectivity index (χ1n) is 4.25. The Morgan fingerprint density at radius 3 is 2.56 bits per heavy atom. The van der Waals surface area contributed by atoms with Gasteiger partial charge in [-0.3, -0.25) is 0 Å². The molecule has 0 aliphatic carbocycles. The molecule has 0 radical (unpaired) electrons. The highest BCUT2D eigenvalue weighted by Crippen LogP contribution is 2.28. The molecule has 0 atom stereocenters. The van der Waals surface area contributed by atoms with Crippen LogP contribution in [0.5, 0.6) is 0 Å². The molecule has 1 rings (SSSR count). The minimum Gasteiger partial charge on any atom is -0.381 e. The van der Waals surface area contributed by atoms with E-state index in [1.54, 1.807) is 25.1 Å². The maximum absolute atomic E-state index is 12.3. The maximum atomic E-state index is 12.3. The van der Waals surface area contributed by atoms with Crippen LogP contribution in [0, 0.1) is 11.3 Å². The molecular formula is C9H9F3N4. The summed E-state index contributed by atoms with van der Waals surface area (Å²) in [6.45, 7) is 0. The summed E-state index contributed by atoms with van der Waals surface area (Å²) in [6.07, 6.45) is -1.61. The molecule has 0 bridgehead atoms. The molecule has 1 aromatic rings. The van der Waals surface area contributed by atoms with Crippen LogP contribution >= 0.6 is 0 Å². The molecule has 0 amide bonds. The number of halogens is 3. The van der Waals surface area contributed by atoms with Crippen molar-refractivity contribution >= 4 is 5.70 Å². The van der Waals surface area contributed by atoms with E-state index < -0.39 is 11.7 Å². The first kappa shape index (κ1) is 12.1. The summed E-state index contributed by atoms with van der Waals surface area (Å²) in [5.74, 6) is 0. The van der Waals surface area contributed by atoms with Crippen molar-refractivity contribution in [2.75, 3.05) is 14.1 Å². The summed E-state index contributed by atoms with van der Waals surface area (Å²) in [5, 5.41) is 12.2. The fraction of sp³-hybridized carbons (Fsp3) is 0.333. The second kappa shape index (κ2) is 4.26. The van der Waals surface area contributed by atoms with Crippen LogP contribution in [-0.2, 0) is 6.18 Å². The van der Waals surface area contributed by atoms with Crippen molar-refractivity contribution in [3.8, 4) is 6.07 Å². The van der Waals surface area contributed by atoms with E-state index in [0.717, 1.165) is 10.9 Å². The highest BCUT2D eigenvalue weighted by atomic mass is 19.4. The lowest BCUT2D eigenvalue weighted by atomic mass is 10.3. The van der Waals surface area contributed by atoms with Crippen molar-refractivity contribution in [2.45, 2.75) is 6.18 Å². The number of hydrogen-bond donors (Lipinski definition) is 0. The molecular weight excluding hydrogens is 221 g/mol. The zero-order valence-electron chi connectivity index (χ0n) is 8.65. The van der Waals surface area contributed by atoms with Gasteiger partial charge in [-0.1, -0.05) is 0 Å². The molecule has 0 aliphatic heterocycles. The number of rotatable bonds is 2. The van der Waals surface area contributed by atoms with Gasteiger partial charge < -0.3 is 4.90 Å². The van der Waals surface area contributed by atoms with Crippen LogP contribution in [0.25, 0.3) is 5.70 Å². The average molecular weight is 230 g/mol. The number of nitrogens with zero attached hydrogens (tertiary/aromatic N) is 4. The topological polar surface area (TPSA) is 44.9 Å². The molecule has 0 N–H and O–H groups in total. The van der Waals surface area contributed by atoms with Crippen molar-refractivity contribution < 1.29 is 13.2 Å². The summed E-state index contributed by atoms with van der Waals surface area (Å²) < 4.78 is 37.7. The van der Waals surface area contributed by atoms with Gasteiger partial charge in [0.15, 0.2) is 5.70 Å². The van der Waals surface area contributed by atoms with Crippen molar-refractivity contribution in [2.24, 2.45) is 0 Å². The van der Waals surface area contributed by atoms with Gasteiger partial charge in [-0.05, 0) is 0 Å². The Morgan fingerprint density at radius 2 is 2.19 bits per heavy atom. The number of allylic oxidation sites excluding steroid dienone is 1. The minimum absolute atomic E-state index is 0.0144. The molecule has 16 heavy (non-hydrogen) atoms. The molecule has 0 aliphatic rings. The van der Waals surface area contributed by atoms with Crippen LogP contribution in [0.15, 0.2) is 18.6 Å². The predicted molar refractivity (Wildman–Crippen MR) is 50.8 cm³/mol. The van der Waals surface area contributed by atoms with Crippen LogP contribution in [0.4, 0.5) is 13.2 Å². The summed E-state index contributed by atoms with van der Waals surface area (Å²) >= 11 is 0. The Hall–Kier alpha value is -1.97. The molecule has 0 unspecified atom stereocenters. The highest BCUT2D eigenvalue weighted by Gasteiger charge is 2.32. The molecule has 7 heteroatoms. The first-order chi connectivity index (χ1) is 7.34. The van der Waals surface area contributed by atoms with Gasteiger partial charge in [-0.15, -0.1) is 0 Å². The fourth-order valence-electron chi connectivity index (χ4n) is 0.985. The van der Waals surface area contributed by atoms with E-state index in [1.807, 2.05) is 0 Å². The minimum atomic E-state index is -4.45. The van der Waals surface area contributed by atoms with Crippen LogP contribution in [-0.4, -0.2) is 28.8 Å². The molecule has 0 fully saturated rings. The Bertz CT molecular complexity index is 436. The average Bonchev–Trinajstić information content (AvgIpc) is 2.61. The van der Waals surface area contributed by atoms with Crippen molar-refractivity contribution in [3.63, 3.8) is 0 Å². The summed E-state index contributed by atoms with van der Waals surface area (Å²) in [6, 6.07) is 1.77. The third kappa shape index (κ3) is 2.76. The zero-order chi connectivity index (χ0) is 12.3. The molecule has 1 aromatic heterocycles. The van der Waals surface area contributed by atoms with Gasteiger partial charge in [0, 0.05) is 26.5 Å². The third-order valence-corrected chi connectivity index (χ3v) is 1.65.